The SMILES string of the molecule is CCC[C@H](CC(=O)N1CCOC1=O)[C@@H](N=C(c1ccccc1)c1ccccc1NC(=O)[C@@H]1CCCN1Cc1ccccc1)C(=O)O. The third-order valence-electron chi connectivity index (χ3n) is 8.51. The summed E-state index contributed by atoms with van der Waals surface area (Å²) in [6, 6.07) is 25.0. The van der Waals surface area contributed by atoms with E-state index in [1.165, 1.54) is 0 Å². The minimum Gasteiger partial charge on any atom is -0.480 e. The van der Waals surface area contributed by atoms with Crippen LogP contribution in [0.25, 0.3) is 0 Å². The second-order valence-electron chi connectivity index (χ2n) is 11.7. The molecular formula is C36H40N4O6. The maximum Gasteiger partial charge on any atom is 0.416 e. The number of benzene rings is 3. The number of carboxylic acids is 1. The first-order chi connectivity index (χ1) is 22.4. The van der Waals surface area contributed by atoms with E-state index in [1.807, 2.05) is 73.7 Å². The highest BCUT2D eigenvalue weighted by atomic mass is 16.6. The summed E-state index contributed by atoms with van der Waals surface area (Å²) in [6.45, 7) is 3.67. The number of aliphatic carboxylic acids is 1. The number of hydrogen-bond donors (Lipinski definition) is 2. The van der Waals surface area contributed by atoms with Crippen LogP contribution in [-0.2, 0) is 25.7 Å². The highest BCUT2D eigenvalue weighted by Crippen LogP contribution is 2.28. The normalized spacial score (nSPS) is 18.2. The van der Waals surface area contributed by atoms with Crippen LogP contribution >= 0.6 is 0 Å². The molecule has 0 aliphatic carbocycles. The second kappa shape index (κ2) is 15.4. The van der Waals surface area contributed by atoms with Gasteiger partial charge < -0.3 is 15.2 Å². The molecule has 3 atom stereocenters. The van der Waals surface area contributed by atoms with E-state index in [0.29, 0.717) is 41.9 Å². The van der Waals surface area contributed by atoms with Crippen LogP contribution < -0.4 is 5.32 Å². The number of ether oxygens (including phenoxy) is 1. The van der Waals surface area contributed by atoms with Gasteiger partial charge in [-0.1, -0.05) is 92.2 Å². The van der Waals surface area contributed by atoms with E-state index in [-0.39, 0.29) is 31.5 Å². The molecule has 2 fully saturated rings. The number of nitrogens with zero attached hydrogens (tertiary/aromatic N) is 3. The Kier molecular flexibility index (Phi) is 10.9. The average molecular weight is 625 g/mol. The molecule has 0 aromatic heterocycles. The first-order valence-electron chi connectivity index (χ1n) is 15.9. The number of carboxylic acid groups (broad SMARTS) is 1. The van der Waals surface area contributed by atoms with Crippen LogP contribution in [0, 0.1) is 5.92 Å². The van der Waals surface area contributed by atoms with Crippen LogP contribution in [0.5, 0.6) is 0 Å². The molecule has 5 rings (SSSR count). The summed E-state index contributed by atoms with van der Waals surface area (Å²) in [5.74, 6) is -2.45. The lowest BCUT2D eigenvalue weighted by Gasteiger charge is -2.25. The molecular weight excluding hydrogens is 584 g/mol. The number of nitrogens with one attached hydrogen (secondary N) is 1. The Morgan fingerprint density at radius 3 is 2.35 bits per heavy atom. The van der Waals surface area contributed by atoms with Crippen molar-refractivity contribution in [1.82, 2.24) is 9.80 Å². The van der Waals surface area contributed by atoms with Crippen molar-refractivity contribution >= 4 is 35.3 Å². The first kappa shape index (κ1) is 32.6. The summed E-state index contributed by atoms with van der Waals surface area (Å²) < 4.78 is 4.92. The zero-order valence-corrected chi connectivity index (χ0v) is 26.0. The number of imide groups is 1. The zero-order valence-electron chi connectivity index (χ0n) is 26.0. The molecule has 0 unspecified atom stereocenters. The van der Waals surface area contributed by atoms with E-state index in [2.05, 4.69) is 22.3 Å². The lowest BCUT2D eigenvalue weighted by Crippen LogP contribution is -2.39. The Morgan fingerprint density at radius 2 is 1.67 bits per heavy atom. The predicted molar refractivity (Wildman–Crippen MR) is 175 cm³/mol. The van der Waals surface area contributed by atoms with Crippen molar-refractivity contribution in [2.45, 2.75) is 57.7 Å². The van der Waals surface area contributed by atoms with Gasteiger partial charge in [-0.05, 0) is 37.4 Å². The number of likely N-dealkylation sites (tertiary alicyclic amines) is 1. The maximum absolute atomic E-state index is 13.8. The molecule has 0 saturated carbocycles. The fraction of sp³-hybridized carbons (Fsp3) is 0.361. The van der Waals surface area contributed by atoms with Crippen LogP contribution in [0.15, 0.2) is 89.9 Å². The molecule has 2 saturated heterocycles. The number of carbonyl (C=O) groups is 4. The standard InChI is InChI=1S/C36H40N4O6/c1-2-12-27(23-31(41)40-21-22-46-36(40)45)33(35(43)44)38-32(26-15-7-4-8-16-26)28-17-9-10-18-29(28)37-34(42)30-19-11-20-39(30)24-25-13-5-3-6-14-25/h3-10,13-18,27,30,33H,2,11-12,19-24H2,1H3,(H,37,42)(H,43,44)/t27-,30+,33-/m1/s1. The minimum atomic E-state index is -1.28. The van der Waals surface area contributed by atoms with Gasteiger partial charge in [-0.25, -0.2) is 14.5 Å². The van der Waals surface area contributed by atoms with Gasteiger partial charge >= 0.3 is 12.1 Å². The quantitative estimate of drug-likeness (QED) is 0.245. The molecule has 0 spiro atoms. The number of anilines is 1. The molecule has 46 heavy (non-hydrogen) atoms. The third-order valence-corrected chi connectivity index (χ3v) is 8.51. The average Bonchev–Trinajstić information content (AvgIpc) is 3.71. The molecule has 240 valence electrons. The van der Waals surface area contributed by atoms with E-state index < -0.39 is 29.9 Å². The van der Waals surface area contributed by atoms with Crippen molar-refractivity contribution in [1.29, 1.82) is 0 Å². The Labute approximate surface area is 269 Å². The molecule has 10 nitrogen and oxygen atoms in total. The molecule has 0 bridgehead atoms. The zero-order chi connectivity index (χ0) is 32.5. The van der Waals surface area contributed by atoms with Gasteiger partial charge in [0.2, 0.25) is 11.8 Å². The molecule has 3 aromatic carbocycles. The van der Waals surface area contributed by atoms with Crippen molar-refractivity contribution < 1.29 is 29.0 Å². The molecule has 2 N–H and O–H groups in total. The third kappa shape index (κ3) is 7.87. The summed E-state index contributed by atoms with van der Waals surface area (Å²) >= 11 is 0. The summed E-state index contributed by atoms with van der Waals surface area (Å²) in [6.07, 6.45) is 1.80. The molecule has 3 aromatic rings. The van der Waals surface area contributed by atoms with Crippen molar-refractivity contribution in [2.24, 2.45) is 10.9 Å². The van der Waals surface area contributed by atoms with Crippen molar-refractivity contribution in [2.75, 3.05) is 25.0 Å². The van der Waals surface area contributed by atoms with Crippen LogP contribution in [0.2, 0.25) is 0 Å². The van der Waals surface area contributed by atoms with E-state index in [1.54, 1.807) is 6.07 Å². The Bertz CT molecular complexity index is 1560. The van der Waals surface area contributed by atoms with Crippen molar-refractivity contribution in [3.63, 3.8) is 0 Å². The number of carbonyl (C=O) groups excluding carboxylic acids is 3. The van der Waals surface area contributed by atoms with Gasteiger partial charge in [0.1, 0.15) is 6.61 Å². The van der Waals surface area contributed by atoms with E-state index in [0.717, 1.165) is 29.8 Å². The first-order valence-corrected chi connectivity index (χ1v) is 15.9. The highest BCUT2D eigenvalue weighted by molar-refractivity contribution is 6.17. The summed E-state index contributed by atoms with van der Waals surface area (Å²) in [7, 11) is 0. The van der Waals surface area contributed by atoms with E-state index >= 15 is 0 Å². The van der Waals surface area contributed by atoms with E-state index in [9.17, 15) is 24.3 Å². The van der Waals surface area contributed by atoms with Crippen molar-refractivity contribution in [3.8, 4) is 0 Å². The Morgan fingerprint density at radius 1 is 0.978 bits per heavy atom. The van der Waals surface area contributed by atoms with Gasteiger partial charge in [-0.3, -0.25) is 19.5 Å². The molecule has 3 amide bonds. The van der Waals surface area contributed by atoms with E-state index in [4.69, 9.17) is 9.73 Å². The summed E-state index contributed by atoms with van der Waals surface area (Å²) in [5, 5.41) is 13.6. The Balaban J connectivity index is 1.46. The van der Waals surface area contributed by atoms with Crippen LogP contribution in [-0.4, -0.2) is 76.3 Å². The summed E-state index contributed by atoms with van der Waals surface area (Å²) in [5.41, 5.74) is 3.30. The number of cyclic esters (lactones) is 1. The maximum atomic E-state index is 13.8. The van der Waals surface area contributed by atoms with Gasteiger partial charge in [0.15, 0.2) is 6.04 Å². The second-order valence-corrected chi connectivity index (χ2v) is 11.7. The molecule has 2 aliphatic rings. The molecule has 2 heterocycles. The summed E-state index contributed by atoms with van der Waals surface area (Å²) in [4.78, 5) is 59.7. The topological polar surface area (TPSA) is 129 Å². The highest BCUT2D eigenvalue weighted by Gasteiger charge is 2.36. The van der Waals surface area contributed by atoms with Crippen LogP contribution in [0.3, 0.4) is 0 Å². The monoisotopic (exact) mass is 624 g/mol. The largest absolute Gasteiger partial charge is 0.480 e. The predicted octanol–water partition coefficient (Wildman–Crippen LogP) is 5.37. The van der Waals surface area contributed by atoms with Gasteiger partial charge in [0, 0.05) is 30.0 Å². The molecule has 10 heteroatoms. The van der Waals surface area contributed by atoms with Gasteiger partial charge in [0.05, 0.1) is 24.0 Å². The minimum absolute atomic E-state index is 0.120. The van der Waals surface area contributed by atoms with Crippen molar-refractivity contribution in [3.05, 3.63) is 102 Å². The van der Waals surface area contributed by atoms with Gasteiger partial charge in [0.25, 0.3) is 0 Å². The van der Waals surface area contributed by atoms with Crippen LogP contribution in [0.4, 0.5) is 10.5 Å². The Hall–Kier alpha value is -4.83. The van der Waals surface area contributed by atoms with Gasteiger partial charge in [-0.2, -0.15) is 0 Å². The lowest BCUT2D eigenvalue weighted by atomic mass is 9.90. The fourth-order valence-corrected chi connectivity index (χ4v) is 6.24. The fourth-order valence-electron chi connectivity index (χ4n) is 6.24. The van der Waals surface area contributed by atoms with Crippen LogP contribution in [0.1, 0.15) is 55.7 Å². The number of hydrogen-bond acceptors (Lipinski definition) is 7. The smallest absolute Gasteiger partial charge is 0.416 e. The number of rotatable bonds is 13. The number of aliphatic imine (C=N–C) groups is 1. The lowest BCUT2D eigenvalue weighted by molar-refractivity contribution is -0.140. The number of para-hydroxylation sites is 1. The molecule has 0 radical (unpaired) electrons. The molecule has 2 aliphatic heterocycles. The van der Waals surface area contributed by atoms with Gasteiger partial charge in [-0.15, -0.1) is 0 Å². The number of amides is 3.